The van der Waals surface area contributed by atoms with Gasteiger partial charge in [0.25, 0.3) is 0 Å². The Bertz CT molecular complexity index is 384. The van der Waals surface area contributed by atoms with Crippen LogP contribution in [0.15, 0.2) is 5.16 Å². The number of aryl methyl sites for hydroxylation is 1. The molecule has 1 heterocycles. The van der Waals surface area contributed by atoms with E-state index in [4.69, 9.17) is 11.0 Å². The molecule has 0 radical (unpaired) electrons. The van der Waals surface area contributed by atoms with Gasteiger partial charge in [0.05, 0.1) is 5.69 Å². The largest absolute Gasteiger partial charge is 0.382 e. The molecule has 0 aliphatic rings. The number of nitrogens with two attached hydrogens (primary N) is 1. The van der Waals surface area contributed by atoms with Crippen LogP contribution in [0.25, 0.3) is 0 Å². The molecule has 5 heteroatoms. The Labute approximate surface area is 93.9 Å². The van der Waals surface area contributed by atoms with Gasteiger partial charge in [-0.05, 0) is 12.2 Å². The topological polar surface area (TPSA) is 75.6 Å². The number of nitriles is 1. The van der Waals surface area contributed by atoms with Crippen LogP contribution in [0.2, 0.25) is 0 Å². The quantitative estimate of drug-likeness (QED) is 0.623. The van der Waals surface area contributed by atoms with Crippen molar-refractivity contribution in [2.75, 3.05) is 11.5 Å². The molecule has 0 amide bonds. The lowest BCUT2D eigenvalue weighted by Crippen LogP contribution is -2.05. The predicted octanol–water partition coefficient (Wildman–Crippen LogP) is 1.99. The molecule has 0 unspecified atom stereocenters. The Kier molecular flexibility index (Phi) is 4.37. The van der Waals surface area contributed by atoms with Crippen LogP contribution < -0.4 is 5.73 Å². The maximum absolute atomic E-state index is 8.93. The number of hydrogen-bond acceptors (Lipinski definition) is 5. The molecule has 1 aromatic heterocycles. The zero-order valence-electron chi connectivity index (χ0n) is 8.95. The normalized spacial score (nSPS) is 9.93. The molecule has 0 saturated heterocycles. The Morgan fingerprint density at radius 2 is 2.13 bits per heavy atom. The lowest BCUT2D eigenvalue weighted by molar-refractivity contribution is 0.826. The average molecular weight is 222 g/mol. The molecule has 2 N–H and O–H groups in total. The van der Waals surface area contributed by atoms with E-state index < -0.39 is 0 Å². The highest BCUT2D eigenvalue weighted by molar-refractivity contribution is 7.99. The summed E-state index contributed by atoms with van der Waals surface area (Å²) in [5, 5.41) is 9.59. The van der Waals surface area contributed by atoms with Crippen molar-refractivity contribution in [3.63, 3.8) is 0 Å². The van der Waals surface area contributed by atoms with Crippen molar-refractivity contribution in [1.29, 1.82) is 5.26 Å². The molecule has 0 fully saturated rings. The maximum atomic E-state index is 8.93. The fourth-order valence-electron chi connectivity index (χ4n) is 1.24. The molecule has 1 rings (SSSR count). The van der Waals surface area contributed by atoms with E-state index in [2.05, 4.69) is 16.0 Å². The molecule has 15 heavy (non-hydrogen) atoms. The van der Waals surface area contributed by atoms with Crippen LogP contribution in [0.4, 0.5) is 5.82 Å². The SMILES string of the molecule is CCCc1nc(SCC)nc(N)c1C#N. The molecule has 0 bridgehead atoms. The number of nitrogens with zero attached hydrogens (tertiary/aromatic N) is 3. The van der Waals surface area contributed by atoms with Crippen LogP contribution in [-0.2, 0) is 6.42 Å². The van der Waals surface area contributed by atoms with Gasteiger partial charge in [0.2, 0.25) is 0 Å². The minimum atomic E-state index is 0.298. The minimum absolute atomic E-state index is 0.298. The number of anilines is 1. The number of hydrogen-bond donors (Lipinski definition) is 1. The Hall–Kier alpha value is -1.28. The van der Waals surface area contributed by atoms with Gasteiger partial charge in [-0.1, -0.05) is 32.0 Å². The number of nitrogen functional groups attached to an aromatic ring is 1. The van der Waals surface area contributed by atoms with E-state index in [1.165, 1.54) is 11.8 Å². The van der Waals surface area contributed by atoms with E-state index >= 15 is 0 Å². The summed E-state index contributed by atoms with van der Waals surface area (Å²) in [6.07, 6.45) is 1.72. The van der Waals surface area contributed by atoms with Gasteiger partial charge in [-0.2, -0.15) is 5.26 Å². The van der Waals surface area contributed by atoms with Gasteiger partial charge in [-0.3, -0.25) is 0 Å². The number of thioether (sulfide) groups is 1. The molecule has 0 aliphatic heterocycles. The minimum Gasteiger partial charge on any atom is -0.382 e. The molecular weight excluding hydrogens is 208 g/mol. The first-order chi connectivity index (χ1) is 7.22. The highest BCUT2D eigenvalue weighted by Crippen LogP contribution is 2.19. The predicted molar refractivity (Wildman–Crippen MR) is 61.6 cm³/mol. The van der Waals surface area contributed by atoms with Crippen molar-refractivity contribution in [1.82, 2.24) is 9.97 Å². The maximum Gasteiger partial charge on any atom is 0.189 e. The summed E-state index contributed by atoms with van der Waals surface area (Å²) in [6, 6.07) is 2.06. The van der Waals surface area contributed by atoms with Gasteiger partial charge >= 0.3 is 0 Å². The molecule has 0 atom stereocenters. The van der Waals surface area contributed by atoms with Gasteiger partial charge in [-0.15, -0.1) is 0 Å². The van der Waals surface area contributed by atoms with Gasteiger partial charge in [0.15, 0.2) is 5.16 Å². The molecular formula is C10H14N4S. The second-order valence-electron chi connectivity index (χ2n) is 3.01. The number of rotatable bonds is 4. The lowest BCUT2D eigenvalue weighted by Gasteiger charge is -2.06. The van der Waals surface area contributed by atoms with E-state index in [9.17, 15) is 0 Å². The van der Waals surface area contributed by atoms with E-state index in [1.807, 2.05) is 13.8 Å². The monoisotopic (exact) mass is 222 g/mol. The highest BCUT2D eigenvalue weighted by Gasteiger charge is 2.11. The third-order valence-corrected chi connectivity index (χ3v) is 2.59. The summed E-state index contributed by atoms with van der Waals surface area (Å²) in [5.41, 5.74) is 6.90. The van der Waals surface area contributed by atoms with Crippen molar-refractivity contribution in [3.8, 4) is 6.07 Å². The summed E-state index contributed by atoms with van der Waals surface area (Å²) in [6.45, 7) is 4.08. The first-order valence-electron chi connectivity index (χ1n) is 4.92. The van der Waals surface area contributed by atoms with Crippen molar-refractivity contribution < 1.29 is 0 Å². The van der Waals surface area contributed by atoms with Crippen molar-refractivity contribution in [2.45, 2.75) is 31.8 Å². The fourth-order valence-corrected chi connectivity index (χ4v) is 1.83. The van der Waals surface area contributed by atoms with Crippen molar-refractivity contribution in [3.05, 3.63) is 11.3 Å². The second kappa shape index (κ2) is 5.56. The van der Waals surface area contributed by atoms with Crippen molar-refractivity contribution >= 4 is 17.6 Å². The van der Waals surface area contributed by atoms with Crippen LogP contribution in [0.5, 0.6) is 0 Å². The summed E-state index contributed by atoms with van der Waals surface area (Å²) < 4.78 is 0. The molecule has 1 aromatic rings. The first-order valence-corrected chi connectivity index (χ1v) is 5.90. The molecule has 0 aromatic carbocycles. The van der Waals surface area contributed by atoms with Crippen LogP contribution in [0, 0.1) is 11.3 Å². The van der Waals surface area contributed by atoms with Crippen molar-refractivity contribution in [2.24, 2.45) is 0 Å². The van der Waals surface area contributed by atoms with Crippen LogP contribution in [0.1, 0.15) is 31.5 Å². The van der Waals surface area contributed by atoms with Gasteiger partial charge < -0.3 is 5.73 Å². The highest BCUT2D eigenvalue weighted by atomic mass is 32.2. The third kappa shape index (κ3) is 2.83. The number of aromatic nitrogens is 2. The molecule has 0 aliphatic carbocycles. The second-order valence-corrected chi connectivity index (χ2v) is 4.24. The van der Waals surface area contributed by atoms with E-state index in [1.54, 1.807) is 0 Å². The van der Waals surface area contributed by atoms with Gasteiger partial charge in [0.1, 0.15) is 17.5 Å². The van der Waals surface area contributed by atoms with E-state index in [0.717, 1.165) is 24.3 Å². The Morgan fingerprint density at radius 3 is 2.67 bits per heavy atom. The average Bonchev–Trinajstić information content (AvgIpc) is 2.18. The molecule has 80 valence electrons. The lowest BCUT2D eigenvalue weighted by atomic mass is 10.1. The fraction of sp³-hybridized carbons (Fsp3) is 0.500. The third-order valence-electron chi connectivity index (χ3n) is 1.86. The Balaban J connectivity index is 3.14. The summed E-state index contributed by atoms with van der Waals surface area (Å²) in [4.78, 5) is 8.42. The summed E-state index contributed by atoms with van der Waals surface area (Å²) in [7, 11) is 0. The first kappa shape index (κ1) is 11.8. The Morgan fingerprint density at radius 1 is 1.40 bits per heavy atom. The summed E-state index contributed by atoms with van der Waals surface area (Å²) >= 11 is 1.54. The van der Waals surface area contributed by atoms with Gasteiger partial charge in [0, 0.05) is 0 Å². The molecule has 0 saturated carbocycles. The zero-order chi connectivity index (χ0) is 11.3. The van der Waals surface area contributed by atoms with Crippen LogP contribution in [-0.4, -0.2) is 15.7 Å². The zero-order valence-corrected chi connectivity index (χ0v) is 9.77. The molecule has 4 nitrogen and oxygen atoms in total. The van der Waals surface area contributed by atoms with Crippen LogP contribution in [0.3, 0.4) is 0 Å². The van der Waals surface area contributed by atoms with E-state index in [-0.39, 0.29) is 0 Å². The van der Waals surface area contributed by atoms with Gasteiger partial charge in [-0.25, -0.2) is 9.97 Å². The van der Waals surface area contributed by atoms with E-state index in [0.29, 0.717) is 16.5 Å². The smallest absolute Gasteiger partial charge is 0.189 e. The van der Waals surface area contributed by atoms with Crippen LogP contribution >= 0.6 is 11.8 Å². The standard InChI is InChI=1S/C10H14N4S/c1-3-5-8-7(6-11)9(12)14-10(13-8)15-4-2/h3-5H2,1-2H3,(H2,12,13,14). The molecule has 0 spiro atoms. The summed E-state index contributed by atoms with van der Waals surface area (Å²) in [5.74, 6) is 1.20.